The molecule has 0 radical (unpaired) electrons. The third-order valence-corrected chi connectivity index (χ3v) is 5.88. The van der Waals surface area contributed by atoms with Crippen LogP contribution in [0, 0.1) is 6.92 Å². The van der Waals surface area contributed by atoms with Crippen LogP contribution in [0.4, 0.5) is 0 Å². The number of aliphatic hydroxyl groups excluding tert-OH is 1. The second-order valence-electron chi connectivity index (χ2n) is 7.10. The summed E-state index contributed by atoms with van der Waals surface area (Å²) in [6.45, 7) is 1.82. The van der Waals surface area contributed by atoms with Gasteiger partial charge in [0, 0.05) is 16.1 Å². The third kappa shape index (κ3) is 3.12. The molecule has 1 aliphatic carbocycles. The van der Waals surface area contributed by atoms with Gasteiger partial charge in [0.05, 0.1) is 5.57 Å². The van der Waals surface area contributed by atoms with Crippen LogP contribution in [-0.4, -0.2) is 27.7 Å². The summed E-state index contributed by atoms with van der Waals surface area (Å²) in [5.41, 5.74) is 0.597. The van der Waals surface area contributed by atoms with E-state index in [0.717, 1.165) is 30.2 Å². The largest absolute Gasteiger partial charge is 0.507 e. The van der Waals surface area contributed by atoms with Crippen LogP contribution in [0.25, 0.3) is 5.76 Å². The molecule has 1 amide bonds. The van der Waals surface area contributed by atoms with Gasteiger partial charge in [-0.2, -0.15) is 0 Å². The zero-order valence-corrected chi connectivity index (χ0v) is 16.5. The Morgan fingerprint density at radius 3 is 2.37 bits per heavy atom. The second kappa shape index (κ2) is 7.00. The number of benzene rings is 1. The third-order valence-electron chi connectivity index (χ3n) is 5.35. The maximum atomic E-state index is 12.9. The smallest absolute Gasteiger partial charge is 0.296 e. The van der Waals surface area contributed by atoms with Crippen molar-refractivity contribution in [2.75, 3.05) is 0 Å². The van der Waals surface area contributed by atoms with E-state index in [-0.39, 0.29) is 17.4 Å². The Morgan fingerprint density at radius 1 is 1.11 bits per heavy atom. The van der Waals surface area contributed by atoms with Gasteiger partial charge in [-0.3, -0.25) is 9.59 Å². The Bertz CT molecular complexity index is 922. The van der Waals surface area contributed by atoms with Gasteiger partial charge >= 0.3 is 0 Å². The first-order valence-electron chi connectivity index (χ1n) is 9.09. The fraction of sp³-hybridized carbons (Fsp3) is 0.333. The molecule has 1 aromatic heterocycles. The molecule has 2 heterocycles. The highest BCUT2D eigenvalue weighted by molar-refractivity contribution is 9.10. The highest BCUT2D eigenvalue weighted by Gasteiger charge is 2.50. The SMILES string of the molecule is Cc1ccc(C2/C(=C(/O)c3ccc(Br)cc3)C(=O)C(=O)N2C2CCCC2)o1. The van der Waals surface area contributed by atoms with Crippen LogP contribution in [-0.2, 0) is 9.59 Å². The number of hydrogen-bond acceptors (Lipinski definition) is 4. The van der Waals surface area contributed by atoms with E-state index < -0.39 is 17.7 Å². The van der Waals surface area contributed by atoms with Gasteiger partial charge in [0.1, 0.15) is 23.3 Å². The summed E-state index contributed by atoms with van der Waals surface area (Å²) < 4.78 is 6.65. The Hall–Kier alpha value is -2.34. The number of Topliss-reactive ketones (excluding diaryl/α,β-unsaturated/α-hetero) is 1. The first-order chi connectivity index (χ1) is 13.0. The van der Waals surface area contributed by atoms with Crippen molar-refractivity contribution in [2.24, 2.45) is 0 Å². The Kier molecular flexibility index (Phi) is 4.68. The zero-order valence-electron chi connectivity index (χ0n) is 14.9. The minimum atomic E-state index is -0.689. The highest BCUT2D eigenvalue weighted by atomic mass is 79.9. The summed E-state index contributed by atoms with van der Waals surface area (Å²) in [6.07, 6.45) is 3.79. The van der Waals surface area contributed by atoms with Crippen molar-refractivity contribution in [1.82, 2.24) is 4.90 Å². The number of rotatable bonds is 3. The minimum absolute atomic E-state index is 0.00734. The topological polar surface area (TPSA) is 70.8 Å². The molecular formula is C21H20BrNO4. The molecule has 1 atom stereocenters. The molecule has 2 aromatic rings. The minimum Gasteiger partial charge on any atom is -0.507 e. The van der Waals surface area contributed by atoms with Crippen LogP contribution in [0.2, 0.25) is 0 Å². The predicted octanol–water partition coefficient (Wildman–Crippen LogP) is 4.71. The van der Waals surface area contributed by atoms with Gasteiger partial charge in [0.15, 0.2) is 0 Å². The molecule has 27 heavy (non-hydrogen) atoms. The number of hydrogen-bond donors (Lipinski definition) is 1. The summed E-state index contributed by atoms with van der Waals surface area (Å²) in [5.74, 6) is -0.163. The van der Waals surface area contributed by atoms with Crippen molar-refractivity contribution in [2.45, 2.75) is 44.7 Å². The molecule has 1 aromatic carbocycles. The number of aliphatic hydroxyl groups is 1. The van der Waals surface area contributed by atoms with E-state index in [9.17, 15) is 14.7 Å². The van der Waals surface area contributed by atoms with E-state index in [1.807, 2.05) is 13.0 Å². The summed E-state index contributed by atoms with van der Waals surface area (Å²) in [5, 5.41) is 10.9. The summed E-state index contributed by atoms with van der Waals surface area (Å²) >= 11 is 3.36. The number of nitrogens with zero attached hydrogens (tertiary/aromatic N) is 1. The van der Waals surface area contributed by atoms with E-state index in [1.54, 1.807) is 35.2 Å². The van der Waals surface area contributed by atoms with Gasteiger partial charge in [0.2, 0.25) is 0 Å². The Labute approximate surface area is 165 Å². The number of amides is 1. The lowest BCUT2D eigenvalue weighted by molar-refractivity contribution is -0.141. The average Bonchev–Trinajstić information content (AvgIpc) is 3.37. The maximum absolute atomic E-state index is 12.9. The van der Waals surface area contributed by atoms with Crippen molar-refractivity contribution in [3.63, 3.8) is 0 Å². The quantitative estimate of drug-likeness (QED) is 0.435. The molecule has 1 unspecified atom stereocenters. The molecule has 5 nitrogen and oxygen atoms in total. The van der Waals surface area contributed by atoms with Crippen molar-refractivity contribution >= 4 is 33.4 Å². The molecule has 4 rings (SSSR count). The van der Waals surface area contributed by atoms with Gasteiger partial charge in [-0.1, -0.05) is 40.9 Å². The molecule has 1 saturated carbocycles. The maximum Gasteiger partial charge on any atom is 0.296 e. The fourth-order valence-electron chi connectivity index (χ4n) is 4.05. The van der Waals surface area contributed by atoms with Crippen LogP contribution >= 0.6 is 15.9 Å². The molecule has 6 heteroatoms. The van der Waals surface area contributed by atoms with Gasteiger partial charge in [-0.05, 0) is 44.0 Å². The number of halogens is 1. The molecule has 2 aliphatic rings. The lowest BCUT2D eigenvalue weighted by atomic mass is 9.99. The van der Waals surface area contributed by atoms with Crippen molar-refractivity contribution < 1.29 is 19.1 Å². The molecule has 140 valence electrons. The number of likely N-dealkylation sites (tertiary alicyclic amines) is 1. The highest BCUT2D eigenvalue weighted by Crippen LogP contribution is 2.43. The molecule has 0 bridgehead atoms. The molecule has 0 spiro atoms. The molecule has 1 aliphatic heterocycles. The van der Waals surface area contributed by atoms with Crippen LogP contribution < -0.4 is 0 Å². The zero-order chi connectivity index (χ0) is 19.1. The van der Waals surface area contributed by atoms with E-state index in [1.165, 1.54) is 0 Å². The number of furan rings is 1. The van der Waals surface area contributed by atoms with Crippen LogP contribution in [0.3, 0.4) is 0 Å². The monoisotopic (exact) mass is 429 g/mol. The number of ketones is 1. The van der Waals surface area contributed by atoms with Crippen LogP contribution in [0.1, 0.15) is 48.8 Å². The lowest BCUT2D eigenvalue weighted by Gasteiger charge is -2.29. The first kappa shape index (κ1) is 18.0. The summed E-state index contributed by atoms with van der Waals surface area (Å²) in [7, 11) is 0. The van der Waals surface area contributed by atoms with Gasteiger partial charge in [-0.25, -0.2) is 0 Å². The van der Waals surface area contributed by atoms with E-state index in [4.69, 9.17) is 4.42 Å². The summed E-state index contributed by atoms with van der Waals surface area (Å²) in [4.78, 5) is 27.4. The van der Waals surface area contributed by atoms with Gasteiger partial charge in [0.25, 0.3) is 11.7 Å². The van der Waals surface area contributed by atoms with Crippen LogP contribution in [0.5, 0.6) is 0 Å². The average molecular weight is 430 g/mol. The number of carbonyl (C=O) groups excluding carboxylic acids is 2. The fourth-order valence-corrected chi connectivity index (χ4v) is 4.32. The Balaban J connectivity index is 1.87. The Morgan fingerprint density at radius 2 is 1.78 bits per heavy atom. The molecule has 1 saturated heterocycles. The van der Waals surface area contributed by atoms with Crippen LogP contribution in [0.15, 0.2) is 50.9 Å². The standard InChI is InChI=1S/C21H20BrNO4/c1-12-6-11-16(27-12)18-17(19(24)13-7-9-14(22)10-8-13)20(25)21(26)23(18)15-4-2-3-5-15/h6-11,15,18,24H,2-5H2,1H3/b19-17-. The van der Waals surface area contributed by atoms with E-state index in [2.05, 4.69) is 15.9 Å². The molecular weight excluding hydrogens is 410 g/mol. The van der Waals surface area contributed by atoms with E-state index >= 15 is 0 Å². The number of carbonyl (C=O) groups is 2. The van der Waals surface area contributed by atoms with Crippen molar-refractivity contribution in [3.05, 3.63) is 63.5 Å². The molecule has 1 N–H and O–H groups in total. The normalized spacial score (nSPS) is 22.7. The first-order valence-corrected chi connectivity index (χ1v) is 9.89. The lowest BCUT2D eigenvalue weighted by Crippen LogP contribution is -2.37. The number of aryl methyl sites for hydroxylation is 1. The van der Waals surface area contributed by atoms with Gasteiger partial charge in [-0.15, -0.1) is 0 Å². The van der Waals surface area contributed by atoms with Crippen molar-refractivity contribution in [1.29, 1.82) is 0 Å². The van der Waals surface area contributed by atoms with Crippen molar-refractivity contribution in [3.8, 4) is 0 Å². The van der Waals surface area contributed by atoms with E-state index in [0.29, 0.717) is 17.1 Å². The van der Waals surface area contributed by atoms with Gasteiger partial charge < -0.3 is 14.4 Å². The summed E-state index contributed by atoms with van der Waals surface area (Å²) in [6, 6.07) is 9.89. The predicted molar refractivity (Wildman–Crippen MR) is 104 cm³/mol. The molecule has 2 fully saturated rings. The second-order valence-corrected chi connectivity index (χ2v) is 8.02.